The lowest BCUT2D eigenvalue weighted by molar-refractivity contribution is -0.158. The Morgan fingerprint density at radius 1 is 0.632 bits per heavy atom. The smallest absolute Gasteiger partial charge is 0.308 e. The zero-order valence-electron chi connectivity index (χ0n) is 62.5. The second kappa shape index (κ2) is 35.7. The number of allylic oxidation sites excluding steroid dienone is 6. The fourth-order valence-electron chi connectivity index (χ4n) is 11.7. The van der Waals surface area contributed by atoms with Crippen LogP contribution in [0.15, 0.2) is 71.9 Å². The second-order valence-electron chi connectivity index (χ2n) is 30.9. The number of alkyl halides is 1. The van der Waals surface area contributed by atoms with Crippen LogP contribution in [0.2, 0.25) is 36.3 Å². The molecule has 0 aromatic rings. The number of epoxide rings is 2. The lowest BCUT2D eigenvalue weighted by Crippen LogP contribution is -2.46. The molecule has 4 unspecified atom stereocenters. The van der Waals surface area contributed by atoms with Crippen molar-refractivity contribution in [3.63, 3.8) is 0 Å². The van der Waals surface area contributed by atoms with Gasteiger partial charge in [0.15, 0.2) is 28.1 Å². The number of hydrogen-bond donors (Lipinski definition) is 2. The molecule has 2 fully saturated rings. The fourth-order valence-corrected chi connectivity index (χ4v) is 14.5. The summed E-state index contributed by atoms with van der Waals surface area (Å²) in [6, 6.07) is 0. The Hall–Kier alpha value is -4.30. The van der Waals surface area contributed by atoms with Crippen molar-refractivity contribution in [3.8, 4) is 0 Å². The number of rotatable bonds is 24. The normalized spacial score (nSPS) is 32.5. The number of methoxy groups -OCH3 is 2. The number of Topliss-reactive ketones (excluding diaryl/α,β-unsaturated/α-hetero) is 2. The van der Waals surface area contributed by atoms with Gasteiger partial charge in [-0.25, -0.2) is 4.39 Å². The maximum Gasteiger partial charge on any atom is 0.308 e. The Balaban J connectivity index is 0.000000495. The van der Waals surface area contributed by atoms with E-state index in [0.29, 0.717) is 18.4 Å². The van der Waals surface area contributed by atoms with Crippen LogP contribution < -0.4 is 0 Å². The average Bonchev–Trinajstić information content (AvgIpc) is 1.67. The SMILES string of the molecule is CC[C@H](OC)[C@@H](C)[C@H]1O[C@@H]1C(=O)C(C)(F)/C=C/C=C(\C)C1OC(=O)C[C@H](O[Si](C)(C)C(C)(C)C)CC[C@@](C)(O)[C@@H](OC(C)=O)/C=C/[C@@H]1C.CC[C@H](OC)[C@@H](C)[C@H]1O[C@@H]1C(=O)C(C)/C=C/C=C(\C)C1OC(=O)C[C@H](O[Si](C)(C)C(C)(C)C)CC[C@@](C)(O)[C@@H](OC(C)=O)/C=C/[C@@H]1C. The van der Waals surface area contributed by atoms with E-state index in [0.717, 1.165) is 18.4 Å². The van der Waals surface area contributed by atoms with Gasteiger partial charge in [-0.1, -0.05) is 133 Å². The van der Waals surface area contributed by atoms with Gasteiger partial charge in [-0.3, -0.25) is 28.8 Å². The molecule has 20 atom stereocenters. The molecular formula is C74H123FO18Si2. The summed E-state index contributed by atoms with van der Waals surface area (Å²) in [5.41, 5.74) is -3.70. The van der Waals surface area contributed by atoms with Crippen LogP contribution in [0, 0.1) is 29.6 Å². The zero-order chi connectivity index (χ0) is 72.7. The Bertz CT molecular complexity index is 2740. The van der Waals surface area contributed by atoms with Gasteiger partial charge in [0.25, 0.3) is 0 Å². The van der Waals surface area contributed by atoms with Crippen LogP contribution >= 0.6 is 0 Å². The van der Waals surface area contributed by atoms with Gasteiger partial charge in [-0.2, -0.15) is 0 Å². The van der Waals surface area contributed by atoms with E-state index in [2.05, 4.69) is 81.6 Å². The molecule has 95 heavy (non-hydrogen) atoms. The summed E-state index contributed by atoms with van der Waals surface area (Å²) in [5, 5.41) is 22.7. The van der Waals surface area contributed by atoms with Crippen LogP contribution in [-0.2, 0) is 75.5 Å². The predicted molar refractivity (Wildman–Crippen MR) is 373 cm³/mol. The van der Waals surface area contributed by atoms with Gasteiger partial charge >= 0.3 is 23.9 Å². The van der Waals surface area contributed by atoms with E-state index in [9.17, 15) is 39.0 Å². The third-order valence-electron chi connectivity index (χ3n) is 20.3. The first-order valence-corrected chi connectivity index (χ1v) is 40.2. The summed E-state index contributed by atoms with van der Waals surface area (Å²) < 4.78 is 74.5. The van der Waals surface area contributed by atoms with Gasteiger partial charge < -0.3 is 57.0 Å². The molecule has 21 heteroatoms. The number of ketones is 2. The van der Waals surface area contributed by atoms with Gasteiger partial charge in [-0.05, 0) is 139 Å². The van der Waals surface area contributed by atoms with E-state index in [1.165, 1.54) is 32.9 Å². The highest BCUT2D eigenvalue weighted by molar-refractivity contribution is 6.74. The fraction of sp³-hybridized carbons (Fsp3) is 0.757. The summed E-state index contributed by atoms with van der Waals surface area (Å²) in [4.78, 5) is 77.0. The molecule has 0 bridgehead atoms. The van der Waals surface area contributed by atoms with Gasteiger partial charge in [0.1, 0.15) is 47.8 Å². The molecule has 0 spiro atoms. The molecule has 2 N–H and O–H groups in total. The summed E-state index contributed by atoms with van der Waals surface area (Å²) >= 11 is 0. The number of esters is 4. The minimum atomic E-state index is -2.31. The van der Waals surface area contributed by atoms with Crippen molar-refractivity contribution in [3.05, 3.63) is 71.9 Å². The number of cyclic esters (lactones) is 2. The van der Waals surface area contributed by atoms with Crippen molar-refractivity contribution in [2.75, 3.05) is 14.2 Å². The summed E-state index contributed by atoms with van der Waals surface area (Å²) in [6.45, 7) is 45.5. The summed E-state index contributed by atoms with van der Waals surface area (Å²) in [7, 11) is -1.28. The van der Waals surface area contributed by atoms with E-state index in [1.807, 2.05) is 65.8 Å². The van der Waals surface area contributed by atoms with Crippen LogP contribution in [-0.4, -0.2) is 167 Å². The predicted octanol–water partition coefficient (Wildman–Crippen LogP) is 13.9. The van der Waals surface area contributed by atoms with Crippen molar-refractivity contribution >= 4 is 52.1 Å². The van der Waals surface area contributed by atoms with E-state index in [1.54, 1.807) is 59.3 Å². The number of ether oxygens (including phenoxy) is 8. The van der Waals surface area contributed by atoms with Gasteiger partial charge in [0.05, 0.1) is 49.5 Å². The molecule has 18 nitrogen and oxygen atoms in total. The van der Waals surface area contributed by atoms with Crippen LogP contribution in [0.3, 0.4) is 0 Å². The van der Waals surface area contributed by atoms with Crippen molar-refractivity contribution in [2.24, 2.45) is 29.6 Å². The molecule has 542 valence electrons. The number of carbonyl (C=O) groups excluding carboxylic acids is 6. The zero-order valence-corrected chi connectivity index (χ0v) is 64.5. The van der Waals surface area contributed by atoms with Crippen LogP contribution in [0.4, 0.5) is 4.39 Å². The average molecular weight is 1380 g/mol. The van der Waals surface area contributed by atoms with E-state index in [-0.39, 0.29) is 89.5 Å². The summed E-state index contributed by atoms with van der Waals surface area (Å²) in [5.74, 6) is -3.53. The first-order valence-electron chi connectivity index (χ1n) is 34.4. The minimum Gasteiger partial charge on any atom is -0.457 e. The standard InChI is InChI=1S/C37H61FO9Si.C37H62O9Si/c1-14-28(43-11)25(4)32-33(46-32)34(41)36(9,38)20-15-16-23(2)31-24(3)17-18-29(44-26(5)39)37(10,42)21-19-27(22-30(40)45-31)47-48(12,13)35(6,7)8;1-14-29(42-11)26(5)34-35(45-34)32(40)23(2)16-15-17-24(3)33-25(4)18-19-30(43-27(6)38)37(10,41)21-20-28(22-31(39)44-33)46-47(12,13)36(7,8)9/h15-18,20,24-25,27-29,31-33,42H,14,19,21-22H2,1-13H3;15-19,23,25-26,28-30,33-35,41H,14,20-22H2,1-13H3/b18-17+,20-15+,23-16+;16-15+,19-18+,24-17+/t24-,25+,27+,28-,29-,31?,32+,33-,36?,37+;23?,25-,26+,28+,29-,30-,33?,34+,35+,37+/m00/s1. The molecule has 2 saturated heterocycles. The molecule has 4 aliphatic heterocycles. The van der Waals surface area contributed by atoms with E-state index >= 15 is 4.39 Å². The number of aliphatic hydroxyl groups is 2. The minimum absolute atomic E-state index is 0.0279. The third kappa shape index (κ3) is 25.4. The maximum atomic E-state index is 15.6. The molecular weight excluding hydrogens is 1250 g/mol. The quantitative estimate of drug-likeness (QED) is 0.0228. The number of hydrogen-bond acceptors (Lipinski definition) is 18. The molecule has 4 rings (SSSR count). The molecule has 0 radical (unpaired) electrons. The van der Waals surface area contributed by atoms with Gasteiger partial charge in [-0.15, -0.1) is 0 Å². The van der Waals surface area contributed by atoms with Gasteiger partial charge in [0, 0.05) is 57.7 Å². The lowest BCUT2D eigenvalue weighted by Gasteiger charge is -2.40. The van der Waals surface area contributed by atoms with Crippen LogP contribution in [0.25, 0.3) is 0 Å². The second-order valence-corrected chi connectivity index (χ2v) is 40.4. The molecule has 0 amide bonds. The molecule has 4 heterocycles. The van der Waals surface area contributed by atoms with Crippen molar-refractivity contribution < 1.29 is 90.1 Å². The Kier molecular flexibility index (Phi) is 31.9. The molecule has 0 aromatic heterocycles. The van der Waals surface area contributed by atoms with E-state index in [4.69, 9.17) is 46.7 Å². The molecule has 0 aromatic carbocycles. The number of halogens is 1. The summed E-state index contributed by atoms with van der Waals surface area (Å²) in [6.07, 6.45) is 13.3. The monoisotopic (exact) mass is 1370 g/mol. The molecule has 0 saturated carbocycles. The molecule has 4 aliphatic rings. The van der Waals surface area contributed by atoms with Crippen molar-refractivity contribution in [2.45, 2.75) is 316 Å². The van der Waals surface area contributed by atoms with Crippen LogP contribution in [0.5, 0.6) is 0 Å². The van der Waals surface area contributed by atoms with Crippen molar-refractivity contribution in [1.29, 1.82) is 0 Å². The largest absolute Gasteiger partial charge is 0.457 e. The van der Waals surface area contributed by atoms with Crippen molar-refractivity contribution in [1.82, 2.24) is 0 Å². The highest BCUT2D eigenvalue weighted by Crippen LogP contribution is 2.42. The lowest BCUT2D eigenvalue weighted by atomic mass is 9.88. The maximum absolute atomic E-state index is 15.6. The Morgan fingerprint density at radius 3 is 1.36 bits per heavy atom. The highest BCUT2D eigenvalue weighted by Gasteiger charge is 2.55. The van der Waals surface area contributed by atoms with Gasteiger partial charge in [0.2, 0.25) is 5.78 Å². The molecule has 0 aliphatic carbocycles. The topological polar surface area (TPSA) is 242 Å². The highest BCUT2D eigenvalue weighted by atomic mass is 28.4. The van der Waals surface area contributed by atoms with Crippen LogP contribution in [0.1, 0.15) is 190 Å². The first kappa shape index (κ1) is 84.9. The first-order chi connectivity index (χ1) is 43.6. The Morgan fingerprint density at radius 2 is 1.00 bits per heavy atom. The number of carbonyl (C=O) groups is 6. The third-order valence-corrected chi connectivity index (χ3v) is 29.4. The van der Waals surface area contributed by atoms with E-state index < -0.39 is 118 Å². The Labute approximate surface area is 571 Å².